The third-order valence-electron chi connectivity index (χ3n) is 9.90. The van der Waals surface area contributed by atoms with Crippen LogP contribution in [0.4, 0.5) is 0 Å². The Bertz CT molecular complexity index is 1060. The second-order valence-corrected chi connectivity index (χ2v) is 14.8. The molecule has 2 heterocycles. The van der Waals surface area contributed by atoms with Crippen molar-refractivity contribution in [3.63, 3.8) is 0 Å². The number of carbonyl (C=O) groups is 3. The molecule has 0 bridgehead atoms. The smallest absolute Gasteiger partial charge is 0.308 e. The summed E-state index contributed by atoms with van der Waals surface area (Å²) in [5.74, 6) is -2.37. The molecular formula is C38H68O17. The third-order valence-corrected chi connectivity index (χ3v) is 9.90. The Morgan fingerprint density at radius 2 is 1.22 bits per heavy atom. The Balaban J connectivity index is 1.91. The fourth-order valence-electron chi connectivity index (χ4n) is 6.65. The van der Waals surface area contributed by atoms with Crippen molar-refractivity contribution in [1.82, 2.24) is 0 Å². The summed E-state index contributed by atoms with van der Waals surface area (Å²) in [6, 6.07) is 0. The summed E-state index contributed by atoms with van der Waals surface area (Å²) in [5, 5.41) is 82.8. The highest BCUT2D eigenvalue weighted by Gasteiger charge is 2.52. The number of carboxylic acid groups (broad SMARTS) is 1. The molecule has 2 saturated heterocycles. The van der Waals surface area contributed by atoms with Gasteiger partial charge >= 0.3 is 17.9 Å². The van der Waals surface area contributed by atoms with Crippen molar-refractivity contribution in [2.75, 3.05) is 19.8 Å². The van der Waals surface area contributed by atoms with Crippen molar-refractivity contribution in [3.05, 3.63) is 0 Å². The molecule has 2 unspecified atom stereocenters. The summed E-state index contributed by atoms with van der Waals surface area (Å²) in [6.45, 7) is 1.64. The summed E-state index contributed by atoms with van der Waals surface area (Å²) in [4.78, 5) is 35.0. The lowest BCUT2D eigenvalue weighted by Crippen LogP contribution is -2.65. The van der Waals surface area contributed by atoms with E-state index in [4.69, 9.17) is 33.5 Å². The average molecular weight is 797 g/mol. The van der Waals surface area contributed by atoms with Gasteiger partial charge in [0.1, 0.15) is 49.3 Å². The molecule has 2 fully saturated rings. The van der Waals surface area contributed by atoms with Crippen LogP contribution in [-0.2, 0) is 42.8 Å². The number of hydrogen-bond donors (Lipinski definition) is 8. The summed E-state index contributed by atoms with van der Waals surface area (Å²) in [6.07, 6.45) is -4.14. The van der Waals surface area contributed by atoms with Crippen LogP contribution in [0.25, 0.3) is 0 Å². The Morgan fingerprint density at radius 1 is 0.673 bits per heavy atom. The molecule has 2 aliphatic heterocycles. The van der Waals surface area contributed by atoms with Crippen LogP contribution >= 0.6 is 0 Å². The van der Waals surface area contributed by atoms with Crippen LogP contribution in [0.5, 0.6) is 0 Å². The van der Waals surface area contributed by atoms with Crippen molar-refractivity contribution in [2.24, 2.45) is 0 Å². The monoisotopic (exact) mass is 796 g/mol. The van der Waals surface area contributed by atoms with Gasteiger partial charge in [0, 0.05) is 13.3 Å². The Kier molecular flexibility index (Phi) is 24.6. The number of carbonyl (C=O) groups excluding carboxylic acids is 2. The number of carboxylic acids is 1. The maximum Gasteiger partial charge on any atom is 0.308 e. The summed E-state index contributed by atoms with van der Waals surface area (Å²) in [7, 11) is 0. The molecule has 0 aromatic heterocycles. The van der Waals surface area contributed by atoms with Crippen LogP contribution in [0.1, 0.15) is 129 Å². The molecule has 0 aromatic carbocycles. The van der Waals surface area contributed by atoms with E-state index >= 15 is 0 Å². The predicted octanol–water partition coefficient (Wildman–Crippen LogP) is 1.60. The van der Waals surface area contributed by atoms with Gasteiger partial charge in [-0.3, -0.25) is 14.4 Å². The van der Waals surface area contributed by atoms with Crippen molar-refractivity contribution in [1.29, 1.82) is 0 Å². The van der Waals surface area contributed by atoms with Crippen molar-refractivity contribution < 1.29 is 83.7 Å². The molecule has 12 atom stereocenters. The zero-order valence-electron chi connectivity index (χ0n) is 32.5. The quantitative estimate of drug-likeness (QED) is 0.0395. The van der Waals surface area contributed by atoms with E-state index in [2.05, 4.69) is 0 Å². The van der Waals surface area contributed by atoms with Crippen molar-refractivity contribution in [2.45, 2.75) is 203 Å². The summed E-state index contributed by atoms with van der Waals surface area (Å²) >= 11 is 0. The minimum Gasteiger partial charge on any atom is -0.481 e. The van der Waals surface area contributed by atoms with Gasteiger partial charge in [-0.05, 0) is 19.3 Å². The molecule has 0 radical (unpaired) electrons. The van der Waals surface area contributed by atoms with Crippen LogP contribution in [-0.4, -0.2) is 152 Å². The molecule has 0 spiro atoms. The fraction of sp³-hybridized carbons (Fsp3) is 0.921. The topological polar surface area (TPSA) is 268 Å². The SMILES string of the molecule is CCCCCC(O)CC(=O)O[C@H]1[C@H](O[C@H]2[C@H](O)[C@@H](O)[C@H](OCC(O)CCCCCCCCCCCCCC(=O)O)O[C@@H]2COC(C)=O)O[C@H](CO)[C@@H](O)[C@@H]1O. The van der Waals surface area contributed by atoms with Gasteiger partial charge in [0.15, 0.2) is 18.7 Å². The van der Waals surface area contributed by atoms with Crippen LogP contribution in [0, 0.1) is 0 Å². The third kappa shape index (κ3) is 18.9. The first kappa shape index (κ1) is 49.1. The van der Waals surface area contributed by atoms with E-state index in [1.165, 1.54) is 0 Å². The van der Waals surface area contributed by atoms with E-state index in [-0.39, 0.29) is 13.0 Å². The molecule has 2 rings (SSSR count). The Labute approximate surface area is 324 Å². The van der Waals surface area contributed by atoms with Crippen LogP contribution in [0.2, 0.25) is 0 Å². The predicted molar refractivity (Wildman–Crippen MR) is 194 cm³/mol. The van der Waals surface area contributed by atoms with E-state index in [1.54, 1.807) is 0 Å². The largest absolute Gasteiger partial charge is 0.481 e. The summed E-state index contributed by atoms with van der Waals surface area (Å²) in [5.41, 5.74) is 0. The molecule has 0 amide bonds. The van der Waals surface area contributed by atoms with Crippen LogP contribution in [0.15, 0.2) is 0 Å². The van der Waals surface area contributed by atoms with Crippen molar-refractivity contribution >= 4 is 17.9 Å². The number of ether oxygens (including phenoxy) is 6. The second-order valence-electron chi connectivity index (χ2n) is 14.8. The molecule has 0 saturated carbocycles. The molecule has 0 aromatic rings. The van der Waals surface area contributed by atoms with E-state index in [1.807, 2.05) is 6.92 Å². The highest BCUT2D eigenvalue weighted by Crippen LogP contribution is 2.31. The number of unbranched alkanes of at least 4 members (excludes halogenated alkanes) is 12. The zero-order valence-corrected chi connectivity index (χ0v) is 32.5. The first-order chi connectivity index (χ1) is 26.3. The molecule has 8 N–H and O–H groups in total. The lowest BCUT2D eigenvalue weighted by Gasteiger charge is -2.46. The van der Waals surface area contributed by atoms with E-state index < -0.39 is 111 Å². The van der Waals surface area contributed by atoms with Crippen LogP contribution < -0.4 is 0 Å². The number of hydrogen-bond acceptors (Lipinski definition) is 16. The first-order valence-electron chi connectivity index (χ1n) is 20.1. The second kappa shape index (κ2) is 27.6. The Hall–Kier alpha value is -2.03. The van der Waals surface area contributed by atoms with Gasteiger partial charge < -0.3 is 69.3 Å². The van der Waals surface area contributed by atoms with Gasteiger partial charge in [-0.1, -0.05) is 90.4 Å². The summed E-state index contributed by atoms with van der Waals surface area (Å²) < 4.78 is 33.5. The lowest BCUT2D eigenvalue weighted by atomic mass is 9.96. The molecular weight excluding hydrogens is 728 g/mol. The number of aliphatic carboxylic acids is 1. The van der Waals surface area contributed by atoms with E-state index in [9.17, 15) is 50.1 Å². The fourth-order valence-corrected chi connectivity index (χ4v) is 6.65. The maximum atomic E-state index is 12.8. The molecule has 17 heteroatoms. The molecule has 322 valence electrons. The number of esters is 2. The standard InChI is InChI=1S/C38H68O17/c1-3-4-14-17-25(41)20-30(45)54-36-32(47)31(46)27(21-39)52-38(36)55-35-28(23-50-24(2)40)53-37(34(49)33(35)48)51-22-26(42)18-15-12-10-8-6-5-7-9-11-13-16-19-29(43)44/h25-28,31-39,41-42,46-49H,3-23H2,1-2H3,(H,43,44)/t25?,26?,27-,28-,31-,32+,33-,34-,35-,36-,37-,38+/m1/s1. The normalized spacial score (nSPS) is 29.4. The van der Waals surface area contributed by atoms with Gasteiger partial charge in [0.2, 0.25) is 0 Å². The van der Waals surface area contributed by atoms with Crippen LogP contribution in [0.3, 0.4) is 0 Å². The van der Waals surface area contributed by atoms with Gasteiger partial charge in [0.05, 0.1) is 31.8 Å². The molecule has 17 nitrogen and oxygen atoms in total. The van der Waals surface area contributed by atoms with Gasteiger partial charge in [-0.2, -0.15) is 0 Å². The Morgan fingerprint density at radius 3 is 1.80 bits per heavy atom. The zero-order chi connectivity index (χ0) is 40.8. The molecule has 2 aliphatic rings. The average Bonchev–Trinajstić information content (AvgIpc) is 3.13. The minimum atomic E-state index is -1.83. The lowest BCUT2D eigenvalue weighted by molar-refractivity contribution is -0.361. The molecule has 0 aliphatic carbocycles. The highest BCUT2D eigenvalue weighted by molar-refractivity contribution is 5.70. The van der Waals surface area contributed by atoms with Gasteiger partial charge in [-0.25, -0.2) is 0 Å². The number of rotatable bonds is 29. The molecule has 55 heavy (non-hydrogen) atoms. The minimum absolute atomic E-state index is 0.231. The van der Waals surface area contributed by atoms with E-state index in [0.29, 0.717) is 19.3 Å². The van der Waals surface area contributed by atoms with Gasteiger partial charge in [0.25, 0.3) is 0 Å². The number of aliphatic hydroxyl groups is 7. The van der Waals surface area contributed by atoms with E-state index in [0.717, 1.165) is 90.4 Å². The maximum absolute atomic E-state index is 12.8. The highest BCUT2D eigenvalue weighted by atomic mass is 16.8. The van der Waals surface area contributed by atoms with Gasteiger partial charge in [-0.15, -0.1) is 0 Å². The first-order valence-corrected chi connectivity index (χ1v) is 20.1. The van der Waals surface area contributed by atoms with Crippen molar-refractivity contribution in [3.8, 4) is 0 Å². The number of aliphatic hydroxyl groups excluding tert-OH is 7.